The fraction of sp³-hybridized carbons (Fsp3) is 0.333. The molecular formula is C21H28N2O2Si3. The van der Waals surface area contributed by atoms with Crippen molar-refractivity contribution >= 4 is 30.4 Å². The SMILES string of the molecule is C[Si](C)(C)O[Si](C)(C)O[Si](C)(C)c1ccc(-c2ccc(C#N)c(C#N)c2)cc1. The van der Waals surface area contributed by atoms with Gasteiger partial charge in [0, 0.05) is 0 Å². The Bertz CT molecular complexity index is 934. The Hall–Kier alpha value is -2.01. The summed E-state index contributed by atoms with van der Waals surface area (Å²) in [6.07, 6.45) is 0. The Balaban J connectivity index is 2.26. The number of nitrogens with zero attached hydrogens (tertiary/aromatic N) is 2. The van der Waals surface area contributed by atoms with Gasteiger partial charge in [0.05, 0.1) is 11.1 Å². The second kappa shape index (κ2) is 8.16. The number of hydrogen-bond acceptors (Lipinski definition) is 4. The van der Waals surface area contributed by atoms with Crippen LogP contribution in [-0.2, 0) is 8.23 Å². The summed E-state index contributed by atoms with van der Waals surface area (Å²) in [5.41, 5.74) is 2.75. The first-order valence-corrected chi connectivity index (χ1v) is 18.5. The third-order valence-corrected chi connectivity index (χ3v) is 14.4. The van der Waals surface area contributed by atoms with Gasteiger partial charge < -0.3 is 8.23 Å². The molecule has 0 radical (unpaired) electrons. The summed E-state index contributed by atoms with van der Waals surface area (Å²) in [4.78, 5) is 0. The van der Waals surface area contributed by atoms with Gasteiger partial charge in [-0.2, -0.15) is 10.5 Å². The lowest BCUT2D eigenvalue weighted by Gasteiger charge is -2.37. The van der Waals surface area contributed by atoms with Gasteiger partial charge >= 0.3 is 8.56 Å². The number of benzene rings is 2. The van der Waals surface area contributed by atoms with Crippen molar-refractivity contribution < 1.29 is 8.23 Å². The van der Waals surface area contributed by atoms with E-state index in [-0.39, 0.29) is 0 Å². The van der Waals surface area contributed by atoms with Crippen molar-refractivity contribution in [2.75, 3.05) is 0 Å². The summed E-state index contributed by atoms with van der Waals surface area (Å²) in [6.45, 7) is 15.3. The van der Waals surface area contributed by atoms with Crippen LogP contribution in [0.4, 0.5) is 0 Å². The molecule has 0 aliphatic heterocycles. The molecule has 28 heavy (non-hydrogen) atoms. The molecule has 0 fully saturated rings. The molecule has 0 heterocycles. The lowest BCUT2D eigenvalue weighted by Crippen LogP contribution is -2.56. The molecule has 2 aromatic carbocycles. The predicted octanol–water partition coefficient (Wildman–Crippen LogP) is 5.08. The van der Waals surface area contributed by atoms with Crippen LogP contribution in [0.15, 0.2) is 42.5 Å². The van der Waals surface area contributed by atoms with Gasteiger partial charge in [-0.05, 0) is 74.3 Å². The Morgan fingerprint density at radius 1 is 0.679 bits per heavy atom. The zero-order valence-corrected chi connectivity index (χ0v) is 20.8. The molecule has 0 aliphatic carbocycles. The summed E-state index contributed by atoms with van der Waals surface area (Å²) in [5.74, 6) is 0. The predicted molar refractivity (Wildman–Crippen MR) is 121 cm³/mol. The van der Waals surface area contributed by atoms with E-state index < -0.39 is 25.2 Å². The Morgan fingerprint density at radius 3 is 1.71 bits per heavy atom. The van der Waals surface area contributed by atoms with E-state index in [4.69, 9.17) is 13.5 Å². The molecule has 0 unspecified atom stereocenters. The van der Waals surface area contributed by atoms with Gasteiger partial charge in [0.2, 0.25) is 8.32 Å². The number of nitriles is 2. The second-order valence-corrected chi connectivity index (χ2v) is 21.0. The van der Waals surface area contributed by atoms with Crippen LogP contribution in [0.2, 0.25) is 45.8 Å². The molecule has 2 aromatic rings. The maximum absolute atomic E-state index is 9.24. The maximum Gasteiger partial charge on any atom is 0.311 e. The first-order valence-electron chi connectivity index (χ1n) is 9.32. The molecule has 0 aromatic heterocycles. The van der Waals surface area contributed by atoms with E-state index in [1.165, 1.54) is 5.19 Å². The number of rotatable bonds is 6. The van der Waals surface area contributed by atoms with Crippen molar-refractivity contribution in [3.05, 3.63) is 53.6 Å². The summed E-state index contributed by atoms with van der Waals surface area (Å²) in [5, 5.41) is 19.5. The third-order valence-electron chi connectivity index (χ3n) is 4.23. The smallest absolute Gasteiger partial charge is 0.311 e. The van der Waals surface area contributed by atoms with E-state index in [2.05, 4.69) is 82.2 Å². The van der Waals surface area contributed by atoms with E-state index in [0.29, 0.717) is 11.1 Å². The van der Waals surface area contributed by atoms with Gasteiger partial charge in [-0.25, -0.2) is 0 Å². The summed E-state index contributed by atoms with van der Waals surface area (Å²) in [6, 6.07) is 17.8. The molecule has 0 spiro atoms. The fourth-order valence-corrected chi connectivity index (χ4v) is 16.2. The van der Waals surface area contributed by atoms with Crippen LogP contribution in [0, 0.1) is 22.7 Å². The zero-order valence-electron chi connectivity index (χ0n) is 17.8. The van der Waals surface area contributed by atoms with Crippen LogP contribution >= 0.6 is 0 Å². The summed E-state index contributed by atoms with van der Waals surface area (Å²) < 4.78 is 13.0. The molecule has 0 atom stereocenters. The molecular weight excluding hydrogens is 397 g/mol. The zero-order chi connectivity index (χ0) is 21.2. The van der Waals surface area contributed by atoms with Crippen LogP contribution in [0.5, 0.6) is 0 Å². The summed E-state index contributed by atoms with van der Waals surface area (Å²) in [7, 11) is -5.96. The van der Waals surface area contributed by atoms with Gasteiger partial charge in [0.1, 0.15) is 12.1 Å². The molecule has 4 nitrogen and oxygen atoms in total. The molecule has 0 N–H and O–H groups in total. The van der Waals surface area contributed by atoms with E-state index in [9.17, 15) is 5.26 Å². The minimum absolute atomic E-state index is 0.401. The first kappa shape index (κ1) is 22.3. The minimum Gasteiger partial charge on any atom is -0.437 e. The molecule has 7 heteroatoms. The van der Waals surface area contributed by atoms with E-state index in [0.717, 1.165) is 11.1 Å². The molecule has 0 saturated carbocycles. The van der Waals surface area contributed by atoms with Gasteiger partial charge in [0.25, 0.3) is 0 Å². The monoisotopic (exact) mass is 424 g/mol. The summed E-state index contributed by atoms with van der Waals surface area (Å²) >= 11 is 0. The topological polar surface area (TPSA) is 66.0 Å². The molecule has 2 rings (SSSR count). The largest absolute Gasteiger partial charge is 0.437 e. The molecule has 0 aliphatic rings. The second-order valence-electron chi connectivity index (χ2n) is 8.79. The van der Waals surface area contributed by atoms with Gasteiger partial charge in [-0.15, -0.1) is 0 Å². The minimum atomic E-state index is -2.20. The lowest BCUT2D eigenvalue weighted by molar-refractivity contribution is 0.398. The Morgan fingerprint density at radius 2 is 1.21 bits per heavy atom. The lowest BCUT2D eigenvalue weighted by atomic mass is 10.0. The number of hydrogen-bond donors (Lipinski definition) is 0. The quantitative estimate of drug-likeness (QED) is 0.607. The highest BCUT2D eigenvalue weighted by Crippen LogP contribution is 2.24. The van der Waals surface area contributed by atoms with Gasteiger partial charge in [-0.1, -0.05) is 30.3 Å². The van der Waals surface area contributed by atoms with Crippen LogP contribution in [0.3, 0.4) is 0 Å². The van der Waals surface area contributed by atoms with Crippen molar-refractivity contribution in [2.45, 2.75) is 45.8 Å². The highest BCUT2D eigenvalue weighted by Gasteiger charge is 2.38. The first-order chi connectivity index (χ1) is 12.9. The fourth-order valence-electron chi connectivity index (χ4n) is 3.41. The van der Waals surface area contributed by atoms with Crippen LogP contribution in [0.25, 0.3) is 11.1 Å². The maximum atomic E-state index is 9.24. The van der Waals surface area contributed by atoms with Crippen molar-refractivity contribution in [1.82, 2.24) is 0 Å². The van der Waals surface area contributed by atoms with E-state index in [1.54, 1.807) is 12.1 Å². The highest BCUT2D eigenvalue weighted by molar-refractivity contribution is 6.93. The molecule has 0 bridgehead atoms. The van der Waals surface area contributed by atoms with E-state index in [1.807, 2.05) is 6.07 Å². The van der Waals surface area contributed by atoms with E-state index >= 15 is 0 Å². The highest BCUT2D eigenvalue weighted by atomic mass is 28.5. The van der Waals surface area contributed by atoms with Crippen LogP contribution in [-0.4, -0.2) is 25.2 Å². The van der Waals surface area contributed by atoms with Crippen LogP contribution in [0.1, 0.15) is 11.1 Å². The third kappa shape index (κ3) is 5.74. The van der Waals surface area contributed by atoms with Gasteiger partial charge in [-0.3, -0.25) is 0 Å². The Labute approximate surface area is 171 Å². The van der Waals surface area contributed by atoms with Gasteiger partial charge in [0.15, 0.2) is 8.32 Å². The molecule has 0 amide bonds. The molecule has 0 saturated heterocycles. The van der Waals surface area contributed by atoms with Crippen molar-refractivity contribution in [3.63, 3.8) is 0 Å². The van der Waals surface area contributed by atoms with Crippen molar-refractivity contribution in [1.29, 1.82) is 10.5 Å². The average Bonchev–Trinajstić information content (AvgIpc) is 2.58. The van der Waals surface area contributed by atoms with Crippen LogP contribution < -0.4 is 5.19 Å². The van der Waals surface area contributed by atoms with Crippen molar-refractivity contribution in [2.24, 2.45) is 0 Å². The average molecular weight is 425 g/mol. The standard InChI is InChI=1S/C21H28N2O2Si3/c1-26(2,3)24-28(6,7)25-27(4,5)21-12-10-17(11-13-21)18-8-9-19(15-22)20(14-18)16-23/h8-14H,1-7H3. The Kier molecular flexibility index (Phi) is 6.49. The van der Waals surface area contributed by atoms with Crippen molar-refractivity contribution in [3.8, 4) is 23.3 Å². The molecule has 146 valence electrons. The normalized spacial score (nSPS) is 12.3.